The van der Waals surface area contributed by atoms with Crippen molar-refractivity contribution in [2.24, 2.45) is 0 Å². The number of pyridine rings is 1. The first-order valence-corrected chi connectivity index (χ1v) is 5.50. The van der Waals surface area contributed by atoms with E-state index < -0.39 is 5.97 Å². The normalized spacial score (nSPS) is 10.2. The molecule has 3 nitrogen and oxygen atoms in total. The average molecular weight is 268 g/mol. The highest BCUT2D eigenvalue weighted by molar-refractivity contribution is 6.43. The molecule has 1 aromatic carbocycles. The maximum Gasteiger partial charge on any atom is 0.354 e. The molecule has 0 aliphatic carbocycles. The van der Waals surface area contributed by atoms with Gasteiger partial charge in [-0.25, -0.2) is 9.78 Å². The maximum atomic E-state index is 10.8. The molecule has 0 saturated carbocycles. The van der Waals surface area contributed by atoms with Crippen LogP contribution in [0.15, 0.2) is 36.4 Å². The zero-order valence-corrected chi connectivity index (χ0v) is 10.0. The Morgan fingerprint density at radius 2 is 1.82 bits per heavy atom. The Morgan fingerprint density at radius 3 is 2.53 bits per heavy atom. The van der Waals surface area contributed by atoms with Crippen molar-refractivity contribution in [2.45, 2.75) is 0 Å². The molecule has 0 fully saturated rings. The summed E-state index contributed by atoms with van der Waals surface area (Å²) in [4.78, 5) is 14.8. The van der Waals surface area contributed by atoms with E-state index in [9.17, 15) is 4.79 Å². The van der Waals surface area contributed by atoms with Crippen molar-refractivity contribution in [3.8, 4) is 11.3 Å². The van der Waals surface area contributed by atoms with Crippen molar-refractivity contribution < 1.29 is 9.90 Å². The molecular formula is C12H7Cl2NO2. The van der Waals surface area contributed by atoms with Crippen molar-refractivity contribution >= 4 is 29.2 Å². The second-order valence-electron chi connectivity index (χ2n) is 3.31. The first-order valence-electron chi connectivity index (χ1n) is 4.74. The quantitative estimate of drug-likeness (QED) is 0.902. The fourth-order valence-electron chi connectivity index (χ4n) is 1.41. The Hall–Kier alpha value is -1.58. The van der Waals surface area contributed by atoms with Gasteiger partial charge in [-0.2, -0.15) is 0 Å². The number of aromatic nitrogens is 1. The third-order valence-corrected chi connectivity index (χ3v) is 3.01. The fraction of sp³-hybridized carbons (Fsp3) is 0. The van der Waals surface area contributed by atoms with Crippen LogP contribution < -0.4 is 0 Å². The number of nitrogens with zero attached hydrogens (tertiary/aromatic N) is 1. The third kappa shape index (κ3) is 2.40. The third-order valence-electron chi connectivity index (χ3n) is 2.20. The molecule has 2 aromatic rings. The number of hydrogen-bond donors (Lipinski definition) is 1. The number of halogens is 2. The van der Waals surface area contributed by atoms with E-state index in [0.29, 0.717) is 21.3 Å². The van der Waals surface area contributed by atoms with Crippen LogP contribution in [-0.4, -0.2) is 16.1 Å². The van der Waals surface area contributed by atoms with Crippen LogP contribution in [0, 0.1) is 0 Å². The largest absolute Gasteiger partial charge is 0.477 e. The summed E-state index contributed by atoms with van der Waals surface area (Å²) in [7, 11) is 0. The summed E-state index contributed by atoms with van der Waals surface area (Å²) in [5.41, 5.74) is 1.07. The van der Waals surface area contributed by atoms with E-state index in [2.05, 4.69) is 4.98 Å². The summed E-state index contributed by atoms with van der Waals surface area (Å²) in [6.45, 7) is 0. The van der Waals surface area contributed by atoms with E-state index in [-0.39, 0.29) is 5.69 Å². The van der Waals surface area contributed by atoms with Gasteiger partial charge in [-0.15, -0.1) is 0 Å². The molecular weight excluding hydrogens is 261 g/mol. The highest BCUT2D eigenvalue weighted by atomic mass is 35.5. The number of aromatic carboxylic acids is 1. The van der Waals surface area contributed by atoms with E-state index in [1.54, 1.807) is 30.3 Å². The summed E-state index contributed by atoms with van der Waals surface area (Å²) >= 11 is 11.9. The van der Waals surface area contributed by atoms with Gasteiger partial charge >= 0.3 is 5.97 Å². The summed E-state index contributed by atoms with van der Waals surface area (Å²) in [5, 5.41) is 9.63. The molecule has 86 valence electrons. The van der Waals surface area contributed by atoms with Crippen molar-refractivity contribution in [3.05, 3.63) is 52.1 Å². The molecule has 0 radical (unpaired) electrons. The minimum Gasteiger partial charge on any atom is -0.477 e. The van der Waals surface area contributed by atoms with Crippen molar-refractivity contribution in [1.29, 1.82) is 0 Å². The summed E-state index contributed by atoms with van der Waals surface area (Å²) in [6.07, 6.45) is 0. The van der Waals surface area contributed by atoms with Crippen LogP contribution in [0.25, 0.3) is 11.3 Å². The number of benzene rings is 1. The highest BCUT2D eigenvalue weighted by Crippen LogP contribution is 2.32. The monoisotopic (exact) mass is 267 g/mol. The van der Waals surface area contributed by atoms with Crippen LogP contribution >= 0.6 is 23.2 Å². The Kier molecular flexibility index (Phi) is 3.31. The first-order chi connectivity index (χ1) is 8.09. The smallest absolute Gasteiger partial charge is 0.354 e. The molecule has 0 amide bonds. The molecule has 0 aliphatic heterocycles. The molecule has 5 heteroatoms. The zero-order valence-electron chi connectivity index (χ0n) is 8.52. The fourth-order valence-corrected chi connectivity index (χ4v) is 1.80. The molecule has 0 bridgehead atoms. The second-order valence-corrected chi connectivity index (χ2v) is 4.10. The first kappa shape index (κ1) is 11.9. The molecule has 17 heavy (non-hydrogen) atoms. The van der Waals surface area contributed by atoms with Crippen molar-refractivity contribution in [3.63, 3.8) is 0 Å². The zero-order chi connectivity index (χ0) is 12.4. The van der Waals surface area contributed by atoms with Gasteiger partial charge in [-0.3, -0.25) is 0 Å². The van der Waals surface area contributed by atoms with Gasteiger partial charge < -0.3 is 5.11 Å². The van der Waals surface area contributed by atoms with Crippen LogP contribution in [0.4, 0.5) is 0 Å². The summed E-state index contributed by atoms with van der Waals surface area (Å²) in [6, 6.07) is 9.85. The van der Waals surface area contributed by atoms with Crippen molar-refractivity contribution in [1.82, 2.24) is 4.98 Å². The highest BCUT2D eigenvalue weighted by Gasteiger charge is 2.10. The lowest BCUT2D eigenvalue weighted by Crippen LogP contribution is -2.00. The van der Waals surface area contributed by atoms with E-state index >= 15 is 0 Å². The Morgan fingerprint density at radius 1 is 1.12 bits per heavy atom. The number of carboxylic acids is 1. The molecule has 2 rings (SSSR count). The van der Waals surface area contributed by atoms with Crippen LogP contribution in [0.2, 0.25) is 10.0 Å². The molecule has 0 spiro atoms. The predicted molar refractivity (Wildman–Crippen MR) is 66.7 cm³/mol. The standard InChI is InChI=1S/C12H7Cl2NO2/c13-8-4-1-3-7(11(8)14)9-5-2-6-10(15-9)12(16)17/h1-6H,(H,16,17). The Bertz CT molecular complexity index is 584. The molecule has 0 unspecified atom stereocenters. The van der Waals surface area contributed by atoms with E-state index in [0.717, 1.165) is 0 Å². The molecule has 0 saturated heterocycles. The van der Waals surface area contributed by atoms with Crippen molar-refractivity contribution in [2.75, 3.05) is 0 Å². The lowest BCUT2D eigenvalue weighted by molar-refractivity contribution is 0.0690. The van der Waals surface area contributed by atoms with Crippen LogP contribution in [0.3, 0.4) is 0 Å². The van der Waals surface area contributed by atoms with E-state index in [1.807, 2.05) is 0 Å². The van der Waals surface area contributed by atoms with Gasteiger partial charge in [-0.05, 0) is 18.2 Å². The molecule has 1 N–H and O–H groups in total. The SMILES string of the molecule is O=C(O)c1cccc(-c2cccc(Cl)c2Cl)n1. The number of rotatable bonds is 2. The Balaban J connectivity index is 2.57. The molecule has 0 aliphatic rings. The van der Waals surface area contributed by atoms with Gasteiger partial charge in [0.1, 0.15) is 5.69 Å². The van der Waals surface area contributed by atoms with Gasteiger partial charge in [0.15, 0.2) is 0 Å². The van der Waals surface area contributed by atoms with Gasteiger partial charge in [0.2, 0.25) is 0 Å². The van der Waals surface area contributed by atoms with Gasteiger partial charge in [0, 0.05) is 5.56 Å². The molecule has 0 atom stereocenters. The van der Waals surface area contributed by atoms with Crippen LogP contribution in [-0.2, 0) is 0 Å². The molecule has 1 aromatic heterocycles. The second kappa shape index (κ2) is 4.73. The number of hydrogen-bond acceptors (Lipinski definition) is 2. The summed E-state index contributed by atoms with van der Waals surface area (Å²) in [5.74, 6) is -1.08. The number of carbonyl (C=O) groups is 1. The maximum absolute atomic E-state index is 10.8. The molecule has 1 heterocycles. The van der Waals surface area contributed by atoms with Gasteiger partial charge in [0.05, 0.1) is 15.7 Å². The average Bonchev–Trinajstić information content (AvgIpc) is 2.33. The van der Waals surface area contributed by atoms with Gasteiger partial charge in [-0.1, -0.05) is 41.4 Å². The summed E-state index contributed by atoms with van der Waals surface area (Å²) < 4.78 is 0. The van der Waals surface area contributed by atoms with Crippen LogP contribution in [0.1, 0.15) is 10.5 Å². The lowest BCUT2D eigenvalue weighted by Gasteiger charge is -2.05. The topological polar surface area (TPSA) is 50.2 Å². The van der Waals surface area contributed by atoms with E-state index in [4.69, 9.17) is 28.3 Å². The minimum atomic E-state index is -1.08. The predicted octanol–water partition coefficient (Wildman–Crippen LogP) is 3.75. The lowest BCUT2D eigenvalue weighted by atomic mass is 10.1. The Labute approximate surface area is 108 Å². The number of carboxylic acid groups (broad SMARTS) is 1. The van der Waals surface area contributed by atoms with Crippen LogP contribution in [0.5, 0.6) is 0 Å². The van der Waals surface area contributed by atoms with Gasteiger partial charge in [0.25, 0.3) is 0 Å². The minimum absolute atomic E-state index is 0.0291. The van der Waals surface area contributed by atoms with E-state index in [1.165, 1.54) is 6.07 Å².